The molecule has 0 N–H and O–H groups in total. The molecule has 2 aromatic rings. The van der Waals surface area contributed by atoms with Gasteiger partial charge in [0.1, 0.15) is 0 Å². The third-order valence-electron chi connectivity index (χ3n) is 3.46. The van der Waals surface area contributed by atoms with E-state index in [9.17, 15) is 8.42 Å². The molecule has 108 valence electrons. The minimum Gasteiger partial charge on any atom is -0.264 e. The Labute approximate surface area is 124 Å². The first kappa shape index (κ1) is 15.2. The van der Waals surface area contributed by atoms with Crippen LogP contribution in [0.15, 0.2) is 41.6 Å². The first-order valence-corrected chi connectivity index (χ1v) is 8.16. The Morgan fingerprint density at radius 3 is 2.65 bits per heavy atom. The van der Waals surface area contributed by atoms with Gasteiger partial charge in [-0.2, -0.15) is 4.31 Å². The second kappa shape index (κ2) is 5.31. The molecule has 1 heterocycles. The highest BCUT2D eigenvalue weighted by molar-refractivity contribution is 7.89. The Morgan fingerprint density at radius 1 is 1.30 bits per heavy atom. The fourth-order valence-electron chi connectivity index (χ4n) is 1.87. The summed E-state index contributed by atoms with van der Waals surface area (Å²) in [4.78, 5) is 4.29. The van der Waals surface area contributed by atoms with Gasteiger partial charge >= 0.3 is 0 Å². The molecular weight excluding hydrogens is 296 g/mol. The highest BCUT2D eigenvalue weighted by Gasteiger charge is 2.34. The predicted octanol–water partition coefficient (Wildman–Crippen LogP) is 2.87. The van der Waals surface area contributed by atoms with Crippen molar-refractivity contribution in [3.05, 3.63) is 36.7 Å². The van der Waals surface area contributed by atoms with Crippen LogP contribution in [0.1, 0.15) is 13.8 Å². The summed E-state index contributed by atoms with van der Waals surface area (Å²) in [6.45, 7) is 3.59. The first-order chi connectivity index (χ1) is 9.30. The molecule has 0 aliphatic heterocycles. The number of alkyl halides is 1. The molecule has 0 saturated carbocycles. The van der Waals surface area contributed by atoms with Gasteiger partial charge in [0.05, 0.1) is 4.90 Å². The maximum absolute atomic E-state index is 12.8. The monoisotopic (exact) mass is 312 g/mol. The topological polar surface area (TPSA) is 50.3 Å². The second-order valence-corrected chi connectivity index (χ2v) is 7.48. The fourth-order valence-corrected chi connectivity index (χ4v) is 3.85. The van der Waals surface area contributed by atoms with E-state index in [1.807, 2.05) is 6.07 Å². The summed E-state index contributed by atoms with van der Waals surface area (Å²) >= 11 is 5.88. The summed E-state index contributed by atoms with van der Waals surface area (Å²) in [6.07, 6.45) is 3.25. The SMILES string of the molecule is CN(C(C)(C)CCl)S(=O)(=O)c1cccc2cnccc12. The molecule has 0 amide bonds. The summed E-state index contributed by atoms with van der Waals surface area (Å²) in [5.41, 5.74) is -0.657. The van der Waals surface area contributed by atoms with Crippen LogP contribution in [0.3, 0.4) is 0 Å². The van der Waals surface area contributed by atoms with Crippen molar-refractivity contribution in [1.29, 1.82) is 0 Å². The number of sulfonamides is 1. The van der Waals surface area contributed by atoms with Crippen LogP contribution in [0, 0.1) is 0 Å². The molecule has 0 aliphatic carbocycles. The zero-order chi connectivity index (χ0) is 15.0. The maximum atomic E-state index is 12.8. The molecule has 0 unspecified atom stereocenters. The summed E-state index contributed by atoms with van der Waals surface area (Å²) in [7, 11) is -2.06. The molecule has 0 fully saturated rings. The van der Waals surface area contributed by atoms with Gasteiger partial charge in [-0.15, -0.1) is 11.6 Å². The summed E-state index contributed by atoms with van der Waals surface area (Å²) in [5.74, 6) is 0.217. The van der Waals surface area contributed by atoms with E-state index < -0.39 is 15.6 Å². The molecule has 1 aromatic heterocycles. The third kappa shape index (κ3) is 2.53. The number of hydrogen-bond acceptors (Lipinski definition) is 3. The number of rotatable bonds is 4. The third-order valence-corrected chi connectivity index (χ3v) is 6.24. The van der Waals surface area contributed by atoms with E-state index in [0.29, 0.717) is 5.39 Å². The lowest BCUT2D eigenvalue weighted by atomic mass is 10.1. The number of fused-ring (bicyclic) bond motifs is 1. The van der Waals surface area contributed by atoms with E-state index in [1.54, 1.807) is 51.5 Å². The van der Waals surface area contributed by atoms with Crippen LogP contribution in [-0.2, 0) is 10.0 Å². The predicted molar refractivity (Wildman–Crippen MR) is 81.5 cm³/mol. The van der Waals surface area contributed by atoms with Crippen LogP contribution in [0.5, 0.6) is 0 Å². The van der Waals surface area contributed by atoms with Gasteiger partial charge in [0.2, 0.25) is 10.0 Å². The molecule has 0 atom stereocenters. The van der Waals surface area contributed by atoms with Crippen LogP contribution < -0.4 is 0 Å². The number of hydrogen-bond donors (Lipinski definition) is 0. The fraction of sp³-hybridized carbons (Fsp3) is 0.357. The van der Waals surface area contributed by atoms with E-state index in [0.717, 1.165) is 5.39 Å². The number of aromatic nitrogens is 1. The lowest BCUT2D eigenvalue weighted by Crippen LogP contribution is -2.46. The molecule has 6 heteroatoms. The van der Waals surface area contributed by atoms with Crippen molar-refractivity contribution in [1.82, 2.24) is 9.29 Å². The van der Waals surface area contributed by atoms with Gasteiger partial charge in [-0.1, -0.05) is 12.1 Å². The van der Waals surface area contributed by atoms with Crippen LogP contribution in [0.4, 0.5) is 0 Å². The van der Waals surface area contributed by atoms with Gasteiger partial charge < -0.3 is 0 Å². The molecular formula is C14H17ClN2O2S. The lowest BCUT2D eigenvalue weighted by Gasteiger charge is -2.33. The van der Waals surface area contributed by atoms with Crippen molar-refractivity contribution in [2.75, 3.05) is 12.9 Å². The zero-order valence-corrected chi connectivity index (χ0v) is 13.2. The Bertz CT molecular complexity index is 724. The van der Waals surface area contributed by atoms with Crippen molar-refractivity contribution in [3.8, 4) is 0 Å². The summed E-state index contributed by atoms with van der Waals surface area (Å²) in [5, 5.41) is 1.46. The normalized spacial score (nSPS) is 13.1. The smallest absolute Gasteiger partial charge is 0.243 e. The number of nitrogens with zero attached hydrogens (tertiary/aromatic N) is 2. The van der Waals surface area contributed by atoms with Crippen LogP contribution in [0.2, 0.25) is 0 Å². The maximum Gasteiger partial charge on any atom is 0.243 e. The van der Waals surface area contributed by atoms with Crippen molar-refractivity contribution < 1.29 is 8.42 Å². The Morgan fingerprint density at radius 2 is 2.00 bits per heavy atom. The average Bonchev–Trinajstić information content (AvgIpc) is 2.45. The molecule has 0 aliphatic rings. The van der Waals surface area contributed by atoms with Gasteiger partial charge in [0.15, 0.2) is 0 Å². The average molecular weight is 313 g/mol. The molecule has 0 bridgehead atoms. The lowest BCUT2D eigenvalue weighted by molar-refractivity contribution is 0.296. The Balaban J connectivity index is 2.64. The van der Waals surface area contributed by atoms with E-state index >= 15 is 0 Å². The highest BCUT2D eigenvalue weighted by Crippen LogP contribution is 2.28. The molecule has 20 heavy (non-hydrogen) atoms. The van der Waals surface area contributed by atoms with Gasteiger partial charge in [0, 0.05) is 41.6 Å². The van der Waals surface area contributed by atoms with Gasteiger partial charge in [-0.05, 0) is 26.0 Å². The minimum absolute atomic E-state index is 0.217. The van der Waals surface area contributed by atoms with Crippen LogP contribution >= 0.6 is 11.6 Å². The molecule has 2 rings (SSSR count). The minimum atomic E-state index is -3.61. The standard InChI is InChI=1S/C14H17ClN2O2S/c1-14(2,10-15)17(3)20(18,19)13-6-4-5-11-9-16-8-7-12(11)13/h4-9H,10H2,1-3H3. The van der Waals surface area contributed by atoms with E-state index in [-0.39, 0.29) is 10.8 Å². The molecule has 4 nitrogen and oxygen atoms in total. The summed E-state index contributed by atoms with van der Waals surface area (Å²) < 4.78 is 26.9. The van der Waals surface area contributed by atoms with Crippen molar-refractivity contribution >= 4 is 32.4 Å². The molecule has 1 aromatic carbocycles. The van der Waals surface area contributed by atoms with Crippen LogP contribution in [0.25, 0.3) is 10.8 Å². The first-order valence-electron chi connectivity index (χ1n) is 6.18. The highest BCUT2D eigenvalue weighted by atomic mass is 35.5. The molecule has 0 saturated heterocycles. The number of benzene rings is 1. The number of pyridine rings is 1. The quantitative estimate of drug-likeness (QED) is 0.816. The Kier molecular flexibility index (Phi) is 4.04. The summed E-state index contributed by atoms with van der Waals surface area (Å²) in [6, 6.07) is 6.88. The van der Waals surface area contributed by atoms with Crippen molar-refractivity contribution in [2.24, 2.45) is 0 Å². The largest absolute Gasteiger partial charge is 0.264 e. The van der Waals surface area contributed by atoms with Gasteiger partial charge in [-0.3, -0.25) is 4.98 Å². The zero-order valence-electron chi connectivity index (χ0n) is 11.7. The van der Waals surface area contributed by atoms with E-state index in [4.69, 9.17) is 11.6 Å². The van der Waals surface area contributed by atoms with Crippen LogP contribution in [-0.4, -0.2) is 36.2 Å². The van der Waals surface area contributed by atoms with Gasteiger partial charge in [0.25, 0.3) is 0 Å². The molecule has 0 spiro atoms. The van der Waals surface area contributed by atoms with E-state index in [1.165, 1.54) is 4.31 Å². The number of halogens is 1. The van der Waals surface area contributed by atoms with Gasteiger partial charge in [-0.25, -0.2) is 8.42 Å². The second-order valence-electron chi connectivity index (χ2n) is 5.27. The molecule has 0 radical (unpaired) electrons. The van der Waals surface area contributed by atoms with E-state index in [2.05, 4.69) is 4.98 Å². The van der Waals surface area contributed by atoms with Crippen molar-refractivity contribution in [3.63, 3.8) is 0 Å². The van der Waals surface area contributed by atoms with Crippen molar-refractivity contribution in [2.45, 2.75) is 24.3 Å². The Hall–Kier alpha value is -1.17.